The van der Waals surface area contributed by atoms with Crippen molar-refractivity contribution in [3.8, 4) is 6.07 Å². The molecule has 1 saturated heterocycles. The van der Waals surface area contributed by atoms with E-state index in [-0.39, 0.29) is 0 Å². The minimum Gasteiger partial charge on any atom is -0.370 e. The molecule has 0 spiro atoms. The minimum absolute atomic E-state index is 0.506. The highest BCUT2D eigenvalue weighted by molar-refractivity contribution is 5.46. The molecule has 1 aromatic heterocycles. The van der Waals surface area contributed by atoms with Gasteiger partial charge in [-0.15, -0.1) is 0 Å². The molecule has 2 heterocycles. The standard InChI is InChI=1S/C15H19N3/c16-9-14-5-6-15(10-17-14)18-8-7-12-3-1-2-4-13(12)11-18/h5-6,10,12-13H,1-4,7-8,11H2. The van der Waals surface area contributed by atoms with E-state index < -0.39 is 0 Å². The third kappa shape index (κ3) is 2.20. The maximum Gasteiger partial charge on any atom is 0.140 e. The average molecular weight is 241 g/mol. The number of fused-ring (bicyclic) bond motifs is 1. The van der Waals surface area contributed by atoms with Gasteiger partial charge in [0.15, 0.2) is 0 Å². The number of anilines is 1. The summed E-state index contributed by atoms with van der Waals surface area (Å²) in [5.41, 5.74) is 1.68. The van der Waals surface area contributed by atoms with E-state index >= 15 is 0 Å². The van der Waals surface area contributed by atoms with Crippen LogP contribution < -0.4 is 4.90 Å². The van der Waals surface area contributed by atoms with Crippen LogP contribution in [0.5, 0.6) is 0 Å². The first-order chi connectivity index (χ1) is 8.86. The Balaban J connectivity index is 1.71. The number of hydrogen-bond donors (Lipinski definition) is 0. The van der Waals surface area contributed by atoms with E-state index in [9.17, 15) is 0 Å². The number of aromatic nitrogens is 1. The second-order valence-corrected chi connectivity index (χ2v) is 5.55. The van der Waals surface area contributed by atoms with E-state index in [1.54, 1.807) is 0 Å². The van der Waals surface area contributed by atoms with E-state index in [2.05, 4.69) is 16.0 Å². The lowest BCUT2D eigenvalue weighted by atomic mass is 9.75. The summed E-state index contributed by atoms with van der Waals surface area (Å²) in [6.45, 7) is 2.33. The Hall–Kier alpha value is -1.56. The molecule has 0 aromatic carbocycles. The van der Waals surface area contributed by atoms with Crippen LogP contribution in [0.25, 0.3) is 0 Å². The van der Waals surface area contributed by atoms with Crippen molar-refractivity contribution >= 4 is 5.69 Å². The number of hydrogen-bond acceptors (Lipinski definition) is 3. The molecular weight excluding hydrogens is 222 g/mol. The zero-order chi connectivity index (χ0) is 12.4. The topological polar surface area (TPSA) is 39.9 Å². The molecule has 2 aliphatic rings. The lowest BCUT2D eigenvalue weighted by molar-refractivity contribution is 0.202. The predicted octanol–water partition coefficient (Wildman–Crippen LogP) is 2.97. The molecule has 2 fully saturated rings. The number of pyridine rings is 1. The normalized spacial score (nSPS) is 27.4. The molecule has 3 heteroatoms. The Bertz CT molecular complexity index is 446. The van der Waals surface area contributed by atoms with E-state index in [0.717, 1.165) is 18.4 Å². The predicted molar refractivity (Wildman–Crippen MR) is 71.2 cm³/mol. The molecule has 1 saturated carbocycles. The van der Waals surface area contributed by atoms with Gasteiger partial charge in [0.1, 0.15) is 11.8 Å². The summed E-state index contributed by atoms with van der Waals surface area (Å²) in [5.74, 6) is 1.84. The van der Waals surface area contributed by atoms with Gasteiger partial charge in [0.25, 0.3) is 0 Å². The molecule has 1 aliphatic carbocycles. The van der Waals surface area contributed by atoms with E-state index in [0.29, 0.717) is 5.69 Å². The molecule has 2 atom stereocenters. The zero-order valence-electron chi connectivity index (χ0n) is 10.7. The Labute approximate surface area is 108 Å². The third-order valence-corrected chi connectivity index (χ3v) is 4.52. The van der Waals surface area contributed by atoms with Gasteiger partial charge in [-0.25, -0.2) is 4.98 Å². The number of piperidine rings is 1. The lowest BCUT2D eigenvalue weighted by Crippen LogP contribution is -2.41. The quantitative estimate of drug-likeness (QED) is 0.759. The van der Waals surface area contributed by atoms with E-state index in [1.807, 2.05) is 18.3 Å². The summed E-state index contributed by atoms with van der Waals surface area (Å²) in [6, 6.07) is 5.93. The SMILES string of the molecule is N#Cc1ccc(N2CCC3CCCCC3C2)cn1. The van der Waals surface area contributed by atoms with Crippen LogP contribution in [-0.4, -0.2) is 18.1 Å². The van der Waals surface area contributed by atoms with Crippen molar-refractivity contribution < 1.29 is 0 Å². The fourth-order valence-corrected chi connectivity index (χ4v) is 3.47. The van der Waals surface area contributed by atoms with Gasteiger partial charge < -0.3 is 4.90 Å². The van der Waals surface area contributed by atoms with Crippen LogP contribution in [0, 0.1) is 23.2 Å². The van der Waals surface area contributed by atoms with Crippen LogP contribution in [0.1, 0.15) is 37.8 Å². The molecule has 1 aliphatic heterocycles. The van der Waals surface area contributed by atoms with Crippen molar-refractivity contribution in [3.05, 3.63) is 24.0 Å². The molecule has 0 radical (unpaired) electrons. The Morgan fingerprint density at radius 2 is 2.00 bits per heavy atom. The van der Waals surface area contributed by atoms with E-state index in [1.165, 1.54) is 44.3 Å². The van der Waals surface area contributed by atoms with Crippen molar-refractivity contribution in [2.75, 3.05) is 18.0 Å². The number of nitrogens with zero attached hydrogens (tertiary/aromatic N) is 3. The summed E-state index contributed by atoms with van der Waals surface area (Å²) in [7, 11) is 0. The van der Waals surface area contributed by atoms with Crippen LogP contribution in [-0.2, 0) is 0 Å². The lowest BCUT2D eigenvalue weighted by Gasteiger charge is -2.42. The van der Waals surface area contributed by atoms with Gasteiger partial charge in [-0.2, -0.15) is 5.26 Å². The first-order valence-corrected chi connectivity index (χ1v) is 6.98. The van der Waals surface area contributed by atoms with Crippen molar-refractivity contribution in [2.45, 2.75) is 32.1 Å². The first-order valence-electron chi connectivity index (χ1n) is 6.98. The fourth-order valence-electron chi connectivity index (χ4n) is 3.47. The van der Waals surface area contributed by atoms with Gasteiger partial charge >= 0.3 is 0 Å². The molecule has 3 nitrogen and oxygen atoms in total. The highest BCUT2D eigenvalue weighted by Crippen LogP contribution is 2.37. The van der Waals surface area contributed by atoms with Crippen molar-refractivity contribution in [3.63, 3.8) is 0 Å². The van der Waals surface area contributed by atoms with Gasteiger partial charge in [-0.05, 0) is 36.8 Å². The zero-order valence-corrected chi connectivity index (χ0v) is 10.7. The summed E-state index contributed by atoms with van der Waals surface area (Å²) >= 11 is 0. The van der Waals surface area contributed by atoms with Gasteiger partial charge in [0.05, 0.1) is 11.9 Å². The summed E-state index contributed by atoms with van der Waals surface area (Å²) in [4.78, 5) is 6.62. The fraction of sp³-hybridized carbons (Fsp3) is 0.600. The smallest absolute Gasteiger partial charge is 0.140 e. The Morgan fingerprint density at radius 3 is 2.72 bits per heavy atom. The van der Waals surface area contributed by atoms with Crippen LogP contribution in [0.2, 0.25) is 0 Å². The second kappa shape index (κ2) is 4.97. The highest BCUT2D eigenvalue weighted by Gasteiger charge is 2.31. The van der Waals surface area contributed by atoms with E-state index in [4.69, 9.17) is 5.26 Å². The highest BCUT2D eigenvalue weighted by atomic mass is 15.1. The Kier molecular flexibility index (Phi) is 3.19. The van der Waals surface area contributed by atoms with Crippen molar-refractivity contribution in [1.29, 1.82) is 5.26 Å². The Morgan fingerprint density at radius 1 is 1.17 bits per heavy atom. The number of rotatable bonds is 1. The van der Waals surface area contributed by atoms with Gasteiger partial charge in [-0.3, -0.25) is 0 Å². The molecule has 0 amide bonds. The van der Waals surface area contributed by atoms with Crippen LogP contribution in [0.3, 0.4) is 0 Å². The van der Waals surface area contributed by atoms with Gasteiger partial charge in [-0.1, -0.05) is 19.3 Å². The molecule has 3 rings (SSSR count). The monoisotopic (exact) mass is 241 g/mol. The van der Waals surface area contributed by atoms with Gasteiger partial charge in [0.2, 0.25) is 0 Å². The molecule has 2 unspecified atom stereocenters. The van der Waals surface area contributed by atoms with Gasteiger partial charge in [0, 0.05) is 13.1 Å². The maximum atomic E-state index is 8.77. The molecule has 94 valence electrons. The van der Waals surface area contributed by atoms with Crippen LogP contribution >= 0.6 is 0 Å². The van der Waals surface area contributed by atoms with Crippen molar-refractivity contribution in [2.24, 2.45) is 11.8 Å². The average Bonchev–Trinajstić information content (AvgIpc) is 2.47. The molecular formula is C15H19N3. The van der Waals surface area contributed by atoms with Crippen LogP contribution in [0.4, 0.5) is 5.69 Å². The summed E-state index contributed by atoms with van der Waals surface area (Å²) < 4.78 is 0. The largest absolute Gasteiger partial charge is 0.370 e. The van der Waals surface area contributed by atoms with Crippen LogP contribution in [0.15, 0.2) is 18.3 Å². The molecule has 0 N–H and O–H groups in total. The minimum atomic E-state index is 0.506. The number of nitriles is 1. The molecule has 0 bridgehead atoms. The maximum absolute atomic E-state index is 8.77. The first kappa shape index (κ1) is 11.5. The second-order valence-electron chi connectivity index (χ2n) is 5.55. The third-order valence-electron chi connectivity index (χ3n) is 4.52. The summed E-state index contributed by atoms with van der Waals surface area (Å²) in [6.07, 6.45) is 8.83. The molecule has 18 heavy (non-hydrogen) atoms. The summed E-state index contributed by atoms with van der Waals surface area (Å²) in [5, 5.41) is 8.77. The van der Waals surface area contributed by atoms with Crippen molar-refractivity contribution in [1.82, 2.24) is 4.98 Å². The molecule has 1 aromatic rings.